The van der Waals surface area contributed by atoms with E-state index in [0.717, 1.165) is 108 Å². The first kappa shape index (κ1) is 97.1. The summed E-state index contributed by atoms with van der Waals surface area (Å²) in [5.41, 5.74) is 0. The first-order valence-corrected chi connectivity index (χ1v) is 44.3. The van der Waals surface area contributed by atoms with Crippen molar-refractivity contribution in [1.82, 2.24) is 0 Å². The molecule has 99 heavy (non-hydrogen) atoms. The fourth-order valence-electron chi connectivity index (χ4n) is 12.2. The van der Waals surface area contributed by atoms with Gasteiger partial charge in [0.15, 0.2) is 12.2 Å². The zero-order valence-electron chi connectivity index (χ0n) is 65.1. The van der Waals surface area contributed by atoms with Crippen LogP contribution in [0.3, 0.4) is 0 Å². The smallest absolute Gasteiger partial charge is 0.462 e. The minimum absolute atomic E-state index is 0.102. The van der Waals surface area contributed by atoms with E-state index < -0.39 is 97.5 Å². The predicted octanol–water partition coefficient (Wildman–Crippen LogP) is 23.6. The Morgan fingerprint density at radius 3 is 0.717 bits per heavy atom. The molecule has 0 amide bonds. The van der Waals surface area contributed by atoms with Crippen LogP contribution >= 0.6 is 15.6 Å². The highest BCUT2D eigenvalue weighted by Crippen LogP contribution is 2.45. The molecule has 0 aliphatic heterocycles. The normalized spacial score (nSPS) is 14.6. The third-order valence-electron chi connectivity index (χ3n) is 19.3. The van der Waals surface area contributed by atoms with E-state index in [4.69, 9.17) is 37.0 Å². The van der Waals surface area contributed by atoms with Crippen LogP contribution in [0.15, 0.2) is 0 Å². The average Bonchev–Trinajstić information content (AvgIpc) is 0.990. The monoisotopic (exact) mass is 1450 g/mol. The van der Waals surface area contributed by atoms with Crippen molar-refractivity contribution >= 4 is 39.5 Å². The Kier molecular flexibility index (Phi) is 67.8. The van der Waals surface area contributed by atoms with Crippen molar-refractivity contribution in [3.05, 3.63) is 0 Å². The molecule has 0 saturated heterocycles. The summed E-state index contributed by atoms with van der Waals surface area (Å²) in [5, 5.41) is 10.6. The molecule has 7 atom stereocenters. The highest BCUT2D eigenvalue weighted by Gasteiger charge is 2.30. The van der Waals surface area contributed by atoms with Gasteiger partial charge in [-0.2, -0.15) is 0 Å². The number of phosphoric acid groups is 2. The highest BCUT2D eigenvalue weighted by atomic mass is 31.2. The molecule has 0 bridgehead atoms. The van der Waals surface area contributed by atoms with Gasteiger partial charge in [-0.25, -0.2) is 9.13 Å². The van der Waals surface area contributed by atoms with Gasteiger partial charge in [0, 0.05) is 25.7 Å². The van der Waals surface area contributed by atoms with E-state index >= 15 is 0 Å². The lowest BCUT2D eigenvalue weighted by Gasteiger charge is -2.21. The lowest BCUT2D eigenvalue weighted by Crippen LogP contribution is -2.30. The number of aliphatic hydroxyl groups excluding tert-OH is 1. The molecule has 0 spiro atoms. The summed E-state index contributed by atoms with van der Waals surface area (Å²) in [6.07, 6.45) is 55.9. The van der Waals surface area contributed by atoms with Gasteiger partial charge in [-0.05, 0) is 49.4 Å². The van der Waals surface area contributed by atoms with E-state index in [0.29, 0.717) is 37.5 Å². The summed E-state index contributed by atoms with van der Waals surface area (Å²) in [7, 11) is -9.92. The number of carbonyl (C=O) groups excluding carboxylic acids is 4. The molecule has 0 aromatic heterocycles. The second-order valence-electron chi connectivity index (χ2n) is 30.2. The van der Waals surface area contributed by atoms with Crippen molar-refractivity contribution in [3.8, 4) is 0 Å². The Labute approximate surface area is 607 Å². The van der Waals surface area contributed by atoms with E-state index in [1.807, 2.05) is 0 Å². The molecule has 17 nitrogen and oxygen atoms in total. The van der Waals surface area contributed by atoms with E-state index in [2.05, 4.69) is 55.4 Å². The van der Waals surface area contributed by atoms with Crippen LogP contribution in [0.1, 0.15) is 409 Å². The van der Waals surface area contributed by atoms with Crippen LogP contribution in [0.4, 0.5) is 0 Å². The lowest BCUT2D eigenvalue weighted by molar-refractivity contribution is -0.161. The summed E-state index contributed by atoms with van der Waals surface area (Å²) in [4.78, 5) is 72.8. The Bertz CT molecular complexity index is 1940. The summed E-state index contributed by atoms with van der Waals surface area (Å²) in [6.45, 7) is 14.2. The van der Waals surface area contributed by atoms with Gasteiger partial charge in [0.2, 0.25) is 0 Å². The maximum absolute atomic E-state index is 13.1. The van der Waals surface area contributed by atoms with Crippen molar-refractivity contribution < 1.29 is 80.2 Å². The van der Waals surface area contributed by atoms with Gasteiger partial charge in [-0.1, -0.05) is 357 Å². The van der Waals surface area contributed by atoms with Gasteiger partial charge in [0.1, 0.15) is 19.3 Å². The largest absolute Gasteiger partial charge is 0.472 e. The van der Waals surface area contributed by atoms with E-state index in [-0.39, 0.29) is 25.7 Å². The number of unbranched alkanes of at least 4 members (excludes halogenated alkanes) is 41. The number of ether oxygens (including phenoxy) is 4. The molecule has 0 radical (unpaired) electrons. The second kappa shape index (κ2) is 69.1. The van der Waals surface area contributed by atoms with Crippen molar-refractivity contribution in [1.29, 1.82) is 0 Å². The number of rotatable bonds is 77. The molecule has 19 heteroatoms. The minimum atomic E-state index is -4.96. The van der Waals surface area contributed by atoms with Crippen molar-refractivity contribution in [2.24, 2.45) is 23.7 Å². The Hall–Kier alpha value is -1.94. The zero-order chi connectivity index (χ0) is 73.1. The molecule has 0 rings (SSSR count). The van der Waals surface area contributed by atoms with Gasteiger partial charge in [0.05, 0.1) is 26.4 Å². The number of aliphatic hydroxyl groups is 1. The van der Waals surface area contributed by atoms with Gasteiger partial charge < -0.3 is 33.8 Å². The maximum Gasteiger partial charge on any atom is 0.472 e. The Morgan fingerprint density at radius 1 is 0.283 bits per heavy atom. The number of esters is 4. The molecular formula is C80H156O17P2. The molecule has 0 aliphatic rings. The van der Waals surface area contributed by atoms with Crippen LogP contribution in [0.2, 0.25) is 0 Å². The zero-order valence-corrected chi connectivity index (χ0v) is 66.9. The molecule has 4 unspecified atom stereocenters. The highest BCUT2D eigenvalue weighted by molar-refractivity contribution is 7.47. The lowest BCUT2D eigenvalue weighted by atomic mass is 9.99. The fourth-order valence-corrected chi connectivity index (χ4v) is 13.8. The molecular weight excluding hydrogens is 1290 g/mol. The third-order valence-corrected chi connectivity index (χ3v) is 21.2. The molecule has 588 valence electrons. The fraction of sp³-hybridized carbons (Fsp3) is 0.950. The van der Waals surface area contributed by atoms with E-state index in [1.165, 1.54) is 205 Å². The number of carbonyl (C=O) groups is 4. The van der Waals surface area contributed by atoms with Crippen LogP contribution < -0.4 is 0 Å². The summed E-state index contributed by atoms with van der Waals surface area (Å²) < 4.78 is 68.5. The van der Waals surface area contributed by atoms with E-state index in [1.54, 1.807) is 0 Å². The van der Waals surface area contributed by atoms with Crippen LogP contribution in [-0.4, -0.2) is 96.7 Å². The molecule has 0 saturated carbocycles. The Balaban J connectivity index is 5.17. The van der Waals surface area contributed by atoms with Gasteiger partial charge in [-0.3, -0.25) is 37.3 Å². The average molecular weight is 1450 g/mol. The summed E-state index contributed by atoms with van der Waals surface area (Å²) in [6, 6.07) is 0. The molecule has 0 aromatic rings. The first-order valence-electron chi connectivity index (χ1n) is 41.3. The van der Waals surface area contributed by atoms with Crippen LogP contribution in [0.5, 0.6) is 0 Å². The molecule has 3 N–H and O–H groups in total. The van der Waals surface area contributed by atoms with Gasteiger partial charge in [-0.15, -0.1) is 0 Å². The number of hydrogen-bond acceptors (Lipinski definition) is 15. The van der Waals surface area contributed by atoms with Crippen LogP contribution in [0.25, 0.3) is 0 Å². The van der Waals surface area contributed by atoms with Gasteiger partial charge in [0.25, 0.3) is 0 Å². The topological polar surface area (TPSA) is 237 Å². The molecule has 0 aromatic carbocycles. The molecule has 0 fully saturated rings. The maximum atomic E-state index is 13.1. The Morgan fingerprint density at radius 2 is 0.485 bits per heavy atom. The molecule has 0 aliphatic carbocycles. The van der Waals surface area contributed by atoms with E-state index in [9.17, 15) is 43.2 Å². The second-order valence-corrected chi connectivity index (χ2v) is 33.1. The predicted molar refractivity (Wildman–Crippen MR) is 404 cm³/mol. The van der Waals surface area contributed by atoms with Gasteiger partial charge >= 0.3 is 39.5 Å². The minimum Gasteiger partial charge on any atom is -0.462 e. The summed E-state index contributed by atoms with van der Waals surface area (Å²) in [5.74, 6) is 0.973. The SMILES string of the molecule is CCC(C)CCCCCCCCCCCCCCCCCCCCC(=O)OC[C@H](COP(=O)(O)OC[C@@H](O)COP(=O)(O)OC[C@@H](COC(=O)CCCCCCCCC(C)C)OC(=O)CCCCCCCCCC(C)C)OC(=O)CCCCCCCCCCCCCCCCC(C)CC. The first-order chi connectivity index (χ1) is 47.7. The number of phosphoric ester groups is 2. The standard InChI is InChI=1S/C80H156O17P2/c1-9-72(7)58-50-42-33-27-23-19-15-13-11-12-14-16-21-25-29-35-44-52-60-77(82)90-66-75(96-79(84)62-54-46-36-30-26-22-18-17-20-24-28-34-43-51-59-73(8)10-2)68-94-98(86,87)92-64-74(81)65-93-99(88,89)95-69-76(67-91-78(83)61-53-45-39-38-41-49-57-71(5)6)97-80(85)63-55-47-37-31-32-40-48-56-70(3)4/h70-76,81H,9-69H2,1-8H3,(H,86,87)(H,88,89)/t72?,73?,74-,75-,76-/m1/s1. The van der Waals surface area contributed by atoms with Crippen LogP contribution in [-0.2, 0) is 65.4 Å². The molecule has 0 heterocycles. The van der Waals surface area contributed by atoms with Crippen LogP contribution in [0, 0.1) is 23.7 Å². The van der Waals surface area contributed by atoms with Crippen molar-refractivity contribution in [2.75, 3.05) is 39.6 Å². The quantitative estimate of drug-likeness (QED) is 0.0222. The number of hydrogen-bond donors (Lipinski definition) is 3. The van der Waals surface area contributed by atoms with Crippen molar-refractivity contribution in [3.63, 3.8) is 0 Å². The third kappa shape index (κ3) is 71.5. The van der Waals surface area contributed by atoms with Crippen molar-refractivity contribution in [2.45, 2.75) is 427 Å². The summed E-state index contributed by atoms with van der Waals surface area (Å²) >= 11 is 0.